The zero-order valence-corrected chi connectivity index (χ0v) is 33.2. The highest BCUT2D eigenvalue weighted by atomic mass is 16.5. The van der Waals surface area contributed by atoms with E-state index in [1.54, 1.807) is 66.6 Å². The number of carbonyl (C=O) groups is 3. The van der Waals surface area contributed by atoms with E-state index in [9.17, 15) is 14.4 Å². The highest BCUT2D eigenvalue weighted by Crippen LogP contribution is 2.42. The first-order chi connectivity index (χ1) is 28.8. The van der Waals surface area contributed by atoms with Crippen LogP contribution in [0.4, 0.5) is 11.4 Å². The third-order valence-electron chi connectivity index (χ3n) is 11.0. The lowest BCUT2D eigenvalue weighted by Crippen LogP contribution is -2.32. The molecule has 0 saturated heterocycles. The van der Waals surface area contributed by atoms with E-state index < -0.39 is 5.97 Å². The Kier molecular flexibility index (Phi) is 11.3. The summed E-state index contributed by atoms with van der Waals surface area (Å²) in [5, 5.41) is 0. The number of fused-ring (bicyclic) bond motifs is 4. The minimum Gasteiger partial charge on any atom is -0.493 e. The number of benzene rings is 4. The Hall–Kier alpha value is -6.73. The molecule has 4 aliphatic rings. The van der Waals surface area contributed by atoms with Gasteiger partial charge in [-0.25, -0.2) is 4.79 Å². The van der Waals surface area contributed by atoms with Crippen LogP contribution in [0.15, 0.2) is 95.2 Å². The van der Waals surface area contributed by atoms with Gasteiger partial charge in [-0.05, 0) is 71.4 Å². The van der Waals surface area contributed by atoms with Gasteiger partial charge in [-0.2, -0.15) is 0 Å². The van der Waals surface area contributed by atoms with Crippen LogP contribution in [-0.4, -0.2) is 86.6 Å². The summed E-state index contributed by atoms with van der Waals surface area (Å²) >= 11 is 0. The maximum absolute atomic E-state index is 13.8. The summed E-state index contributed by atoms with van der Waals surface area (Å²) in [5.41, 5.74) is 13.2. The number of nitrogens with two attached hydrogens (primary N) is 1. The molecule has 2 N–H and O–H groups in total. The standard InChI is InChI=1S/C46H45N5O8/c1-55-40-19-36-38(48-24-34-17-32(26-50(34)44(36)52)29-9-7-28(23-47)8-10-29)21-42(40)58-15-5-4-6-16-59-43-22-39-37(20-41(43)56-2)45(53)51-27-33(18-35(51)25-49-39)30-11-13-31(14-12-30)46(54)57-3/h7-14,19-22,24-27,34-35H,4-6,15-18,23,47H2,1-3H3/t34-,35-/m0/s1. The van der Waals surface area contributed by atoms with Crippen molar-refractivity contribution >= 4 is 52.7 Å². The number of ether oxygens (including phenoxy) is 5. The van der Waals surface area contributed by atoms with E-state index in [0.29, 0.717) is 83.7 Å². The van der Waals surface area contributed by atoms with Crippen molar-refractivity contribution < 1.29 is 38.1 Å². The summed E-state index contributed by atoms with van der Waals surface area (Å²) in [7, 11) is 4.45. The number of hydrogen-bond donors (Lipinski definition) is 1. The van der Waals surface area contributed by atoms with E-state index in [0.717, 1.165) is 47.1 Å². The summed E-state index contributed by atoms with van der Waals surface area (Å²) in [6.45, 7) is 1.34. The number of esters is 1. The number of carbonyl (C=O) groups excluding carboxylic acids is 3. The lowest BCUT2D eigenvalue weighted by Gasteiger charge is -2.19. The number of rotatable bonds is 14. The minimum absolute atomic E-state index is 0.140. The van der Waals surface area contributed by atoms with Crippen molar-refractivity contribution in [3.63, 3.8) is 0 Å². The van der Waals surface area contributed by atoms with Gasteiger partial charge in [0.15, 0.2) is 23.0 Å². The second kappa shape index (κ2) is 17.0. The fourth-order valence-corrected chi connectivity index (χ4v) is 7.68. The SMILES string of the molecule is COC(=O)c1ccc(C2=CN3C(=O)c4cc(OC)c(OCCCCCOc5cc6c(cc5OC)C(=O)N5C=C(c7ccc(CN)cc7)C[C@H]5C=N6)cc4N=C[C@@H]3C2)cc1. The van der Waals surface area contributed by atoms with E-state index in [-0.39, 0.29) is 23.9 Å². The van der Waals surface area contributed by atoms with Gasteiger partial charge < -0.3 is 39.2 Å². The van der Waals surface area contributed by atoms with Crippen LogP contribution >= 0.6 is 0 Å². The smallest absolute Gasteiger partial charge is 0.337 e. The number of methoxy groups -OCH3 is 3. The second-order valence-electron chi connectivity index (χ2n) is 14.6. The number of unbranched alkanes of at least 4 members (excludes halogenated alkanes) is 2. The Labute approximate surface area is 342 Å². The van der Waals surface area contributed by atoms with Crippen molar-refractivity contribution in [3.05, 3.63) is 119 Å². The molecule has 4 aromatic carbocycles. The summed E-state index contributed by atoms with van der Waals surface area (Å²) < 4.78 is 28.4. The molecular weight excluding hydrogens is 751 g/mol. The first-order valence-electron chi connectivity index (χ1n) is 19.6. The van der Waals surface area contributed by atoms with Crippen LogP contribution < -0.4 is 24.7 Å². The van der Waals surface area contributed by atoms with Gasteiger partial charge in [0, 0.05) is 56.3 Å². The molecule has 0 saturated carbocycles. The normalized spacial score (nSPS) is 17.6. The molecule has 0 spiro atoms. The van der Waals surface area contributed by atoms with E-state index in [2.05, 4.69) is 0 Å². The molecule has 0 aromatic heterocycles. The Bertz CT molecular complexity index is 2400. The average Bonchev–Trinajstić information content (AvgIpc) is 3.85. The molecule has 2 amide bonds. The Morgan fingerprint density at radius 3 is 1.58 bits per heavy atom. The van der Waals surface area contributed by atoms with E-state index in [1.807, 2.05) is 55.0 Å². The van der Waals surface area contributed by atoms with Gasteiger partial charge in [-0.3, -0.25) is 19.6 Å². The van der Waals surface area contributed by atoms with Crippen molar-refractivity contribution in [2.75, 3.05) is 34.5 Å². The summed E-state index contributed by atoms with van der Waals surface area (Å²) in [5.74, 6) is 1.22. The zero-order valence-electron chi connectivity index (χ0n) is 33.2. The molecule has 8 rings (SSSR count). The van der Waals surface area contributed by atoms with Crippen LogP contribution in [0.25, 0.3) is 11.1 Å². The Morgan fingerprint density at radius 1 is 0.661 bits per heavy atom. The van der Waals surface area contributed by atoms with Crippen molar-refractivity contribution in [2.45, 2.75) is 50.7 Å². The molecule has 13 nitrogen and oxygen atoms in total. The third-order valence-corrected chi connectivity index (χ3v) is 11.0. The van der Waals surface area contributed by atoms with Gasteiger partial charge in [0.1, 0.15) is 0 Å². The first-order valence-corrected chi connectivity index (χ1v) is 19.6. The molecular formula is C46H45N5O8. The molecule has 0 radical (unpaired) electrons. The van der Waals surface area contributed by atoms with Crippen LogP contribution in [0.3, 0.4) is 0 Å². The fourth-order valence-electron chi connectivity index (χ4n) is 7.68. The fraction of sp³-hybridized carbons (Fsp3) is 0.283. The Balaban J connectivity index is 0.844. The number of amides is 2. The maximum atomic E-state index is 13.8. The van der Waals surface area contributed by atoms with Gasteiger partial charge >= 0.3 is 5.97 Å². The van der Waals surface area contributed by atoms with Crippen LogP contribution in [0, 0.1) is 0 Å². The van der Waals surface area contributed by atoms with Gasteiger partial charge in [0.2, 0.25) is 0 Å². The predicted octanol–water partition coefficient (Wildman–Crippen LogP) is 7.52. The number of aliphatic imine (C=N–C) groups is 2. The molecule has 0 aliphatic carbocycles. The lowest BCUT2D eigenvalue weighted by atomic mass is 10.0. The highest BCUT2D eigenvalue weighted by Gasteiger charge is 2.35. The van der Waals surface area contributed by atoms with Gasteiger partial charge in [-0.15, -0.1) is 0 Å². The van der Waals surface area contributed by atoms with Crippen LogP contribution in [0.2, 0.25) is 0 Å². The quantitative estimate of drug-likeness (QED) is 0.101. The highest BCUT2D eigenvalue weighted by molar-refractivity contribution is 6.06. The topological polar surface area (TPSA) is 155 Å². The number of nitrogens with zero attached hydrogens (tertiary/aromatic N) is 4. The van der Waals surface area contributed by atoms with Crippen molar-refractivity contribution in [2.24, 2.45) is 15.7 Å². The van der Waals surface area contributed by atoms with Crippen LogP contribution in [0.1, 0.15) is 79.9 Å². The van der Waals surface area contributed by atoms with Crippen molar-refractivity contribution in [3.8, 4) is 23.0 Å². The van der Waals surface area contributed by atoms with E-state index >= 15 is 0 Å². The summed E-state index contributed by atoms with van der Waals surface area (Å²) in [4.78, 5) is 52.2. The van der Waals surface area contributed by atoms with Crippen LogP contribution in [0.5, 0.6) is 23.0 Å². The van der Waals surface area contributed by atoms with Crippen LogP contribution in [-0.2, 0) is 11.3 Å². The first kappa shape index (κ1) is 39.1. The largest absolute Gasteiger partial charge is 0.493 e. The van der Waals surface area contributed by atoms with Gasteiger partial charge in [0.05, 0.1) is 74.7 Å². The molecule has 4 heterocycles. The monoisotopic (exact) mass is 795 g/mol. The molecule has 2 atom stereocenters. The Morgan fingerprint density at radius 2 is 1.14 bits per heavy atom. The molecule has 4 aliphatic heterocycles. The molecule has 0 fully saturated rings. The average molecular weight is 796 g/mol. The predicted molar refractivity (Wildman–Crippen MR) is 224 cm³/mol. The number of hydrogen-bond acceptors (Lipinski definition) is 11. The lowest BCUT2D eigenvalue weighted by molar-refractivity contribution is 0.0600. The van der Waals surface area contributed by atoms with Crippen molar-refractivity contribution in [1.82, 2.24) is 9.80 Å². The van der Waals surface area contributed by atoms with E-state index in [1.165, 1.54) is 7.11 Å². The second-order valence-corrected chi connectivity index (χ2v) is 14.6. The minimum atomic E-state index is -0.400. The molecule has 4 aromatic rings. The van der Waals surface area contributed by atoms with E-state index in [4.69, 9.17) is 39.4 Å². The third kappa shape index (κ3) is 7.93. The maximum Gasteiger partial charge on any atom is 0.337 e. The summed E-state index contributed by atoms with van der Waals surface area (Å²) in [6.07, 6.45) is 11.0. The zero-order chi connectivity index (χ0) is 41.0. The molecule has 0 bridgehead atoms. The van der Waals surface area contributed by atoms with Gasteiger partial charge in [0.25, 0.3) is 11.8 Å². The summed E-state index contributed by atoms with van der Waals surface area (Å²) in [6, 6.07) is 21.7. The molecule has 59 heavy (non-hydrogen) atoms. The molecule has 302 valence electrons. The van der Waals surface area contributed by atoms with Crippen molar-refractivity contribution in [1.29, 1.82) is 0 Å². The molecule has 13 heteroatoms. The van der Waals surface area contributed by atoms with Gasteiger partial charge in [-0.1, -0.05) is 36.4 Å². The molecule has 0 unspecified atom stereocenters.